The number of hydrogen-bond acceptors (Lipinski definition) is 4. The fourth-order valence-corrected chi connectivity index (χ4v) is 2.35. The standard InChI is InChI=1S/C13H11F3N2O4/c14-13(15,16)11(20)17-7-2-3-9-8(6-7)12(10(19)18-9)21-4-1-5-22-12/h2-3,6H,1,4-5H2,(H,17,20)(H,18,19). The fraction of sp³-hybridized carbons (Fsp3) is 0.385. The molecule has 9 heteroatoms. The van der Waals surface area contributed by atoms with Crippen molar-refractivity contribution in [2.45, 2.75) is 18.4 Å². The Morgan fingerprint density at radius 1 is 1.27 bits per heavy atom. The van der Waals surface area contributed by atoms with Crippen molar-refractivity contribution in [3.05, 3.63) is 23.8 Å². The Morgan fingerprint density at radius 2 is 1.95 bits per heavy atom. The highest BCUT2D eigenvalue weighted by Crippen LogP contribution is 2.42. The maximum absolute atomic E-state index is 12.3. The molecule has 0 saturated carbocycles. The Hall–Kier alpha value is -2.13. The van der Waals surface area contributed by atoms with Crippen LogP contribution < -0.4 is 10.6 Å². The van der Waals surface area contributed by atoms with Gasteiger partial charge in [-0.2, -0.15) is 13.2 Å². The molecule has 1 aromatic rings. The molecule has 0 unspecified atom stereocenters. The summed E-state index contributed by atoms with van der Waals surface area (Å²) < 4.78 is 47.7. The van der Waals surface area contributed by atoms with Crippen molar-refractivity contribution in [2.75, 3.05) is 23.8 Å². The van der Waals surface area contributed by atoms with Crippen LogP contribution in [0.2, 0.25) is 0 Å². The fourth-order valence-electron chi connectivity index (χ4n) is 2.35. The number of ether oxygens (including phenoxy) is 2. The normalized spacial score (nSPS) is 19.7. The first-order valence-corrected chi connectivity index (χ1v) is 6.45. The van der Waals surface area contributed by atoms with E-state index in [-0.39, 0.29) is 24.5 Å². The van der Waals surface area contributed by atoms with Crippen LogP contribution in [0.4, 0.5) is 24.5 Å². The number of rotatable bonds is 1. The van der Waals surface area contributed by atoms with Crippen LogP contribution in [-0.4, -0.2) is 31.2 Å². The van der Waals surface area contributed by atoms with E-state index in [1.165, 1.54) is 18.2 Å². The second-order valence-electron chi connectivity index (χ2n) is 4.83. The summed E-state index contributed by atoms with van der Waals surface area (Å²) in [5.74, 6) is -4.29. The largest absolute Gasteiger partial charge is 0.471 e. The Kier molecular flexibility index (Phi) is 3.33. The zero-order chi connectivity index (χ0) is 16.0. The molecule has 2 amide bonds. The lowest BCUT2D eigenvalue weighted by Crippen LogP contribution is -2.43. The first-order valence-electron chi connectivity index (χ1n) is 6.45. The van der Waals surface area contributed by atoms with E-state index in [1.807, 2.05) is 0 Å². The third kappa shape index (κ3) is 2.32. The molecule has 22 heavy (non-hydrogen) atoms. The lowest BCUT2D eigenvalue weighted by Gasteiger charge is -2.31. The van der Waals surface area contributed by atoms with E-state index in [1.54, 1.807) is 5.32 Å². The van der Waals surface area contributed by atoms with Gasteiger partial charge in [0.15, 0.2) is 0 Å². The number of nitrogens with one attached hydrogen (secondary N) is 2. The molecule has 0 bridgehead atoms. The summed E-state index contributed by atoms with van der Waals surface area (Å²) >= 11 is 0. The first kappa shape index (κ1) is 14.8. The predicted molar refractivity (Wildman–Crippen MR) is 68.0 cm³/mol. The molecule has 2 aliphatic rings. The van der Waals surface area contributed by atoms with E-state index >= 15 is 0 Å². The summed E-state index contributed by atoms with van der Waals surface area (Å²) in [6.45, 7) is 0.567. The van der Waals surface area contributed by atoms with Gasteiger partial charge in [0, 0.05) is 11.3 Å². The van der Waals surface area contributed by atoms with Crippen LogP contribution in [-0.2, 0) is 24.8 Å². The van der Waals surface area contributed by atoms with Crippen molar-refractivity contribution >= 4 is 23.2 Å². The minimum Gasteiger partial charge on any atom is -0.338 e. The lowest BCUT2D eigenvalue weighted by molar-refractivity contribution is -0.255. The molecule has 1 spiro atoms. The minimum atomic E-state index is -5.00. The average molecular weight is 316 g/mol. The van der Waals surface area contributed by atoms with Crippen molar-refractivity contribution in [2.24, 2.45) is 0 Å². The van der Waals surface area contributed by atoms with E-state index in [4.69, 9.17) is 9.47 Å². The van der Waals surface area contributed by atoms with Gasteiger partial charge in [0.2, 0.25) is 0 Å². The number of halogens is 3. The number of hydrogen-bond donors (Lipinski definition) is 2. The molecule has 3 rings (SSSR count). The SMILES string of the molecule is O=C(Nc1ccc2c(c1)C1(OCCCO1)C(=O)N2)C(F)(F)F. The molecule has 0 aromatic heterocycles. The number of alkyl halides is 3. The van der Waals surface area contributed by atoms with Gasteiger partial charge in [-0.3, -0.25) is 9.59 Å². The molecule has 6 nitrogen and oxygen atoms in total. The number of benzene rings is 1. The molecule has 1 saturated heterocycles. The van der Waals surface area contributed by atoms with Crippen molar-refractivity contribution in [1.82, 2.24) is 0 Å². The van der Waals surface area contributed by atoms with E-state index in [0.717, 1.165) is 0 Å². The monoisotopic (exact) mass is 316 g/mol. The average Bonchev–Trinajstić information content (AvgIpc) is 2.72. The van der Waals surface area contributed by atoms with Crippen LogP contribution in [0.3, 0.4) is 0 Å². The van der Waals surface area contributed by atoms with Crippen LogP contribution in [0, 0.1) is 0 Å². The van der Waals surface area contributed by atoms with E-state index < -0.39 is 23.8 Å². The number of fused-ring (bicyclic) bond motifs is 2. The highest BCUT2D eigenvalue weighted by atomic mass is 19.4. The summed E-state index contributed by atoms with van der Waals surface area (Å²) in [6, 6.07) is 3.88. The Morgan fingerprint density at radius 3 is 2.59 bits per heavy atom. The maximum Gasteiger partial charge on any atom is 0.471 e. The molecular formula is C13H11F3N2O4. The zero-order valence-electron chi connectivity index (χ0n) is 11.1. The summed E-state index contributed by atoms with van der Waals surface area (Å²) in [6.07, 6.45) is -4.39. The van der Waals surface area contributed by atoms with Gasteiger partial charge in [-0.25, -0.2) is 0 Å². The molecule has 0 aliphatic carbocycles. The topological polar surface area (TPSA) is 76.7 Å². The molecule has 2 heterocycles. The van der Waals surface area contributed by atoms with E-state index in [2.05, 4.69) is 5.32 Å². The van der Waals surface area contributed by atoms with Gasteiger partial charge in [-0.15, -0.1) is 0 Å². The Bertz CT molecular complexity index is 639. The quantitative estimate of drug-likeness (QED) is 0.827. The van der Waals surface area contributed by atoms with Gasteiger partial charge < -0.3 is 20.1 Å². The summed E-state index contributed by atoms with van der Waals surface area (Å²) in [5.41, 5.74) is 0.517. The second kappa shape index (κ2) is 4.96. The predicted octanol–water partition coefficient (Wildman–Crippen LogP) is 1.73. The number of amides is 2. The summed E-state index contributed by atoms with van der Waals surface area (Å²) in [7, 11) is 0. The van der Waals surface area contributed by atoms with Crippen LogP contribution in [0.25, 0.3) is 0 Å². The van der Waals surface area contributed by atoms with E-state index in [0.29, 0.717) is 12.1 Å². The van der Waals surface area contributed by atoms with Crippen molar-refractivity contribution in [1.29, 1.82) is 0 Å². The maximum atomic E-state index is 12.3. The first-order chi connectivity index (χ1) is 10.3. The number of carbonyl (C=O) groups is 2. The third-order valence-corrected chi connectivity index (χ3v) is 3.34. The highest BCUT2D eigenvalue weighted by Gasteiger charge is 2.51. The molecule has 118 valence electrons. The van der Waals surface area contributed by atoms with Crippen molar-refractivity contribution in [3.8, 4) is 0 Å². The molecule has 1 fully saturated rings. The van der Waals surface area contributed by atoms with E-state index in [9.17, 15) is 22.8 Å². The molecular weight excluding hydrogens is 305 g/mol. The van der Waals surface area contributed by atoms with Gasteiger partial charge in [-0.1, -0.05) is 0 Å². The number of anilines is 2. The summed E-state index contributed by atoms with van der Waals surface area (Å²) in [4.78, 5) is 23.1. The number of carbonyl (C=O) groups excluding carboxylic acids is 2. The smallest absolute Gasteiger partial charge is 0.338 e. The Balaban J connectivity index is 1.93. The van der Waals surface area contributed by atoms with Crippen molar-refractivity contribution < 1.29 is 32.2 Å². The highest BCUT2D eigenvalue weighted by molar-refractivity contribution is 6.05. The van der Waals surface area contributed by atoms with Crippen LogP contribution >= 0.6 is 0 Å². The lowest BCUT2D eigenvalue weighted by atomic mass is 10.1. The van der Waals surface area contributed by atoms with Crippen LogP contribution in [0.15, 0.2) is 18.2 Å². The molecule has 2 aliphatic heterocycles. The molecule has 2 N–H and O–H groups in total. The van der Waals surface area contributed by atoms with Gasteiger partial charge in [0.05, 0.1) is 18.9 Å². The minimum absolute atomic E-state index is 0.102. The van der Waals surface area contributed by atoms with Gasteiger partial charge in [0.25, 0.3) is 11.7 Å². The van der Waals surface area contributed by atoms with Crippen molar-refractivity contribution in [3.63, 3.8) is 0 Å². The molecule has 1 aromatic carbocycles. The van der Waals surface area contributed by atoms with Gasteiger partial charge in [-0.05, 0) is 24.6 Å². The van der Waals surface area contributed by atoms with Crippen LogP contribution in [0.5, 0.6) is 0 Å². The molecule has 0 atom stereocenters. The Labute approximate surface area is 122 Å². The van der Waals surface area contributed by atoms with Gasteiger partial charge >= 0.3 is 12.1 Å². The van der Waals surface area contributed by atoms with Gasteiger partial charge in [0.1, 0.15) is 0 Å². The second-order valence-corrected chi connectivity index (χ2v) is 4.83. The molecule has 0 radical (unpaired) electrons. The third-order valence-electron chi connectivity index (χ3n) is 3.34. The van der Waals surface area contributed by atoms with Crippen LogP contribution in [0.1, 0.15) is 12.0 Å². The summed E-state index contributed by atoms with van der Waals surface area (Å²) in [5, 5.41) is 4.28. The zero-order valence-corrected chi connectivity index (χ0v) is 11.1.